The van der Waals surface area contributed by atoms with Crippen molar-refractivity contribution >= 4 is 17.4 Å². The van der Waals surface area contributed by atoms with Crippen molar-refractivity contribution in [1.29, 1.82) is 0 Å². The first kappa shape index (κ1) is 12.6. The van der Waals surface area contributed by atoms with Crippen molar-refractivity contribution in [3.63, 3.8) is 0 Å². The first-order valence-corrected chi connectivity index (χ1v) is 5.92. The second-order valence-electron chi connectivity index (χ2n) is 3.62. The zero-order chi connectivity index (χ0) is 13.0. The predicted molar refractivity (Wildman–Crippen MR) is 70.3 cm³/mol. The molecule has 94 valence electrons. The number of aromatic nitrogens is 3. The molecule has 0 spiro atoms. The molecule has 2 heterocycles. The van der Waals surface area contributed by atoms with Gasteiger partial charge in [0.25, 0.3) is 0 Å². The van der Waals surface area contributed by atoms with E-state index in [1.54, 1.807) is 18.5 Å². The SMILES string of the molecule is CCNc1ncnc(Oc2cncc(Cl)c2)c1C. The highest BCUT2D eigenvalue weighted by Gasteiger charge is 2.08. The minimum absolute atomic E-state index is 0.491. The summed E-state index contributed by atoms with van der Waals surface area (Å²) in [4.78, 5) is 12.2. The van der Waals surface area contributed by atoms with Crippen LogP contribution in [-0.2, 0) is 0 Å². The van der Waals surface area contributed by atoms with Gasteiger partial charge in [0.1, 0.15) is 17.9 Å². The Morgan fingerprint density at radius 2 is 2.17 bits per heavy atom. The third-order valence-electron chi connectivity index (χ3n) is 2.28. The van der Waals surface area contributed by atoms with Gasteiger partial charge < -0.3 is 10.1 Å². The Kier molecular flexibility index (Phi) is 3.94. The van der Waals surface area contributed by atoms with E-state index in [0.29, 0.717) is 16.7 Å². The van der Waals surface area contributed by atoms with Crippen LogP contribution in [0.2, 0.25) is 5.02 Å². The molecule has 2 rings (SSSR count). The van der Waals surface area contributed by atoms with Crippen LogP contribution in [0, 0.1) is 6.92 Å². The highest BCUT2D eigenvalue weighted by Crippen LogP contribution is 2.26. The monoisotopic (exact) mass is 264 g/mol. The summed E-state index contributed by atoms with van der Waals surface area (Å²) < 4.78 is 5.64. The number of nitrogens with zero attached hydrogens (tertiary/aromatic N) is 3. The zero-order valence-corrected chi connectivity index (χ0v) is 10.9. The number of hydrogen-bond donors (Lipinski definition) is 1. The molecule has 2 aromatic heterocycles. The second kappa shape index (κ2) is 5.64. The van der Waals surface area contributed by atoms with Crippen molar-refractivity contribution in [2.45, 2.75) is 13.8 Å². The van der Waals surface area contributed by atoms with Crippen LogP contribution >= 0.6 is 11.6 Å². The van der Waals surface area contributed by atoms with E-state index < -0.39 is 0 Å². The highest BCUT2D eigenvalue weighted by molar-refractivity contribution is 6.30. The Labute approximate surface area is 110 Å². The molecule has 0 unspecified atom stereocenters. The van der Waals surface area contributed by atoms with E-state index in [1.807, 2.05) is 13.8 Å². The van der Waals surface area contributed by atoms with Crippen molar-refractivity contribution in [1.82, 2.24) is 15.0 Å². The fraction of sp³-hybridized carbons (Fsp3) is 0.250. The standard InChI is InChI=1S/C12H13ClN4O/c1-3-15-11-8(2)12(17-7-16-11)18-10-4-9(13)5-14-6-10/h4-7H,3H2,1-2H3,(H,15,16,17). The Morgan fingerprint density at radius 3 is 2.89 bits per heavy atom. The minimum Gasteiger partial charge on any atom is -0.437 e. The topological polar surface area (TPSA) is 59.9 Å². The zero-order valence-electron chi connectivity index (χ0n) is 10.1. The first-order chi connectivity index (χ1) is 8.70. The van der Waals surface area contributed by atoms with E-state index in [1.165, 1.54) is 6.33 Å². The summed E-state index contributed by atoms with van der Waals surface area (Å²) in [6.45, 7) is 4.68. The summed E-state index contributed by atoms with van der Waals surface area (Å²) >= 11 is 5.84. The molecular formula is C12H13ClN4O. The molecular weight excluding hydrogens is 252 g/mol. The Hall–Kier alpha value is -1.88. The highest BCUT2D eigenvalue weighted by atomic mass is 35.5. The minimum atomic E-state index is 0.491. The van der Waals surface area contributed by atoms with Crippen LogP contribution in [0.3, 0.4) is 0 Å². The number of halogens is 1. The summed E-state index contributed by atoms with van der Waals surface area (Å²) in [7, 11) is 0. The number of anilines is 1. The van der Waals surface area contributed by atoms with Crippen LogP contribution in [0.4, 0.5) is 5.82 Å². The summed E-state index contributed by atoms with van der Waals surface area (Å²) in [5, 5.41) is 3.66. The third-order valence-corrected chi connectivity index (χ3v) is 2.48. The maximum Gasteiger partial charge on any atom is 0.227 e. The lowest BCUT2D eigenvalue weighted by Crippen LogP contribution is -2.03. The fourth-order valence-corrected chi connectivity index (χ4v) is 1.61. The molecule has 0 aliphatic rings. The smallest absolute Gasteiger partial charge is 0.227 e. The number of pyridine rings is 1. The van der Waals surface area contributed by atoms with Gasteiger partial charge in [0.15, 0.2) is 0 Å². The average Bonchev–Trinajstić information content (AvgIpc) is 2.35. The molecule has 6 heteroatoms. The van der Waals surface area contributed by atoms with Gasteiger partial charge in [-0.2, -0.15) is 0 Å². The molecule has 5 nitrogen and oxygen atoms in total. The molecule has 2 aromatic rings. The van der Waals surface area contributed by atoms with Crippen LogP contribution < -0.4 is 10.1 Å². The van der Waals surface area contributed by atoms with E-state index >= 15 is 0 Å². The van der Waals surface area contributed by atoms with E-state index in [-0.39, 0.29) is 0 Å². The number of rotatable bonds is 4. The van der Waals surface area contributed by atoms with Gasteiger partial charge in [-0.3, -0.25) is 4.98 Å². The van der Waals surface area contributed by atoms with Gasteiger partial charge in [-0.05, 0) is 13.8 Å². The molecule has 0 saturated heterocycles. The largest absolute Gasteiger partial charge is 0.437 e. The molecule has 0 atom stereocenters. The van der Waals surface area contributed by atoms with Crippen molar-refractivity contribution in [3.8, 4) is 11.6 Å². The van der Waals surface area contributed by atoms with Crippen LogP contribution in [0.1, 0.15) is 12.5 Å². The molecule has 0 saturated carbocycles. The quantitative estimate of drug-likeness (QED) is 0.920. The summed E-state index contributed by atoms with van der Waals surface area (Å²) in [6, 6.07) is 1.68. The Balaban J connectivity index is 2.26. The van der Waals surface area contributed by atoms with E-state index in [2.05, 4.69) is 20.3 Å². The number of hydrogen-bond acceptors (Lipinski definition) is 5. The van der Waals surface area contributed by atoms with Gasteiger partial charge in [0.2, 0.25) is 5.88 Å². The molecule has 18 heavy (non-hydrogen) atoms. The lowest BCUT2D eigenvalue weighted by molar-refractivity contribution is 0.455. The fourth-order valence-electron chi connectivity index (χ4n) is 1.44. The van der Waals surface area contributed by atoms with Gasteiger partial charge in [-0.1, -0.05) is 11.6 Å². The van der Waals surface area contributed by atoms with Gasteiger partial charge in [0.05, 0.1) is 16.8 Å². The van der Waals surface area contributed by atoms with Crippen molar-refractivity contribution in [2.75, 3.05) is 11.9 Å². The van der Waals surface area contributed by atoms with Gasteiger partial charge in [0, 0.05) is 18.8 Å². The molecule has 0 bridgehead atoms. The van der Waals surface area contributed by atoms with Gasteiger partial charge in [-0.25, -0.2) is 9.97 Å². The van der Waals surface area contributed by atoms with Crippen LogP contribution in [0.5, 0.6) is 11.6 Å². The van der Waals surface area contributed by atoms with Crippen LogP contribution in [-0.4, -0.2) is 21.5 Å². The Bertz CT molecular complexity index is 547. The van der Waals surface area contributed by atoms with E-state index in [9.17, 15) is 0 Å². The number of ether oxygens (including phenoxy) is 1. The molecule has 0 aliphatic carbocycles. The predicted octanol–water partition coefficient (Wildman–Crippen LogP) is 3.06. The van der Waals surface area contributed by atoms with E-state index in [4.69, 9.17) is 16.3 Å². The molecule has 1 N–H and O–H groups in total. The normalized spacial score (nSPS) is 10.2. The lowest BCUT2D eigenvalue weighted by Gasteiger charge is -2.10. The summed E-state index contributed by atoms with van der Waals surface area (Å²) in [5.41, 5.74) is 0.847. The van der Waals surface area contributed by atoms with Gasteiger partial charge >= 0.3 is 0 Å². The van der Waals surface area contributed by atoms with Crippen molar-refractivity contribution < 1.29 is 4.74 Å². The van der Waals surface area contributed by atoms with Crippen LogP contribution in [0.15, 0.2) is 24.8 Å². The average molecular weight is 265 g/mol. The maximum absolute atomic E-state index is 5.84. The van der Waals surface area contributed by atoms with Gasteiger partial charge in [-0.15, -0.1) is 0 Å². The maximum atomic E-state index is 5.84. The third kappa shape index (κ3) is 2.87. The molecule has 0 aliphatic heterocycles. The second-order valence-corrected chi connectivity index (χ2v) is 4.06. The molecule has 0 aromatic carbocycles. The van der Waals surface area contributed by atoms with Crippen molar-refractivity contribution in [3.05, 3.63) is 35.4 Å². The molecule has 0 fully saturated rings. The van der Waals surface area contributed by atoms with Crippen LogP contribution in [0.25, 0.3) is 0 Å². The number of nitrogens with one attached hydrogen (secondary N) is 1. The summed E-state index contributed by atoms with van der Waals surface area (Å²) in [6.07, 6.45) is 4.59. The lowest BCUT2D eigenvalue weighted by atomic mass is 10.3. The Morgan fingerprint density at radius 1 is 1.33 bits per heavy atom. The first-order valence-electron chi connectivity index (χ1n) is 5.54. The van der Waals surface area contributed by atoms with Crippen molar-refractivity contribution in [2.24, 2.45) is 0 Å². The summed E-state index contributed by atoms with van der Waals surface area (Å²) in [5.74, 6) is 1.80. The van der Waals surface area contributed by atoms with E-state index in [0.717, 1.165) is 17.9 Å². The molecule has 0 amide bonds. The molecule has 0 radical (unpaired) electrons.